The molecule has 1 aromatic heterocycles. The van der Waals surface area contributed by atoms with E-state index in [1.807, 2.05) is 0 Å². The molecule has 0 radical (unpaired) electrons. The third kappa shape index (κ3) is 2.99. The van der Waals surface area contributed by atoms with E-state index in [2.05, 4.69) is 9.71 Å². The molecule has 17 heavy (non-hydrogen) atoms. The lowest BCUT2D eigenvalue weighted by Crippen LogP contribution is -2.37. The summed E-state index contributed by atoms with van der Waals surface area (Å²) in [6.45, 7) is 1.79. The molecule has 1 aliphatic rings. The van der Waals surface area contributed by atoms with Crippen LogP contribution in [0.15, 0.2) is 10.4 Å². The lowest BCUT2D eigenvalue weighted by atomic mass is 10.1. The van der Waals surface area contributed by atoms with Crippen molar-refractivity contribution in [3.63, 3.8) is 0 Å². The zero-order valence-electron chi connectivity index (χ0n) is 9.52. The van der Waals surface area contributed by atoms with Crippen molar-refractivity contribution < 1.29 is 8.42 Å². The minimum absolute atomic E-state index is 0.0279. The number of thiazole rings is 1. The van der Waals surface area contributed by atoms with Crippen molar-refractivity contribution in [3.8, 4) is 0 Å². The Balaban J connectivity index is 2.12. The number of sulfonamides is 1. The highest BCUT2D eigenvalue weighted by Crippen LogP contribution is 2.28. The Hall–Kier alpha value is -0.170. The largest absolute Gasteiger partial charge is 0.251 e. The summed E-state index contributed by atoms with van der Waals surface area (Å²) >= 11 is 7.03. The normalized spacial score (nSPS) is 25.3. The lowest BCUT2D eigenvalue weighted by Gasteiger charge is -2.17. The van der Waals surface area contributed by atoms with E-state index in [1.165, 1.54) is 17.5 Å². The molecular formula is C10H15ClN2O2S2. The second-order valence-corrected chi connectivity index (χ2v) is 7.76. The van der Waals surface area contributed by atoms with Gasteiger partial charge in [0, 0.05) is 11.9 Å². The van der Waals surface area contributed by atoms with Crippen LogP contribution in [0.5, 0.6) is 0 Å². The van der Waals surface area contributed by atoms with Gasteiger partial charge >= 0.3 is 0 Å². The number of aryl methyl sites for hydroxylation is 1. The van der Waals surface area contributed by atoms with Crippen LogP contribution in [0, 0.1) is 12.8 Å². The van der Waals surface area contributed by atoms with Crippen LogP contribution in [0.2, 0.25) is 0 Å². The molecule has 0 spiro atoms. The molecule has 0 saturated heterocycles. The second kappa shape index (κ2) is 5.22. The first-order chi connectivity index (χ1) is 8.03. The number of nitrogens with zero attached hydrogens (tertiary/aromatic N) is 1. The maximum atomic E-state index is 12.1. The van der Waals surface area contributed by atoms with Gasteiger partial charge in [0.05, 0.1) is 11.2 Å². The minimum atomic E-state index is -3.42. The van der Waals surface area contributed by atoms with Crippen LogP contribution in [-0.2, 0) is 10.0 Å². The summed E-state index contributed by atoms with van der Waals surface area (Å²) in [6.07, 6.45) is 4.31. The number of rotatable bonds is 4. The molecule has 1 aromatic rings. The molecule has 1 aliphatic carbocycles. The van der Waals surface area contributed by atoms with Crippen LogP contribution < -0.4 is 4.72 Å². The molecule has 4 nitrogen and oxygen atoms in total. The first-order valence-electron chi connectivity index (χ1n) is 5.53. The number of nitrogens with one attached hydrogen (secondary N) is 1. The van der Waals surface area contributed by atoms with Crippen LogP contribution in [-0.4, -0.2) is 25.3 Å². The number of alkyl halides is 1. The first kappa shape index (κ1) is 13.3. The summed E-state index contributed by atoms with van der Waals surface area (Å²) in [5.41, 5.74) is 0. The molecule has 2 atom stereocenters. The van der Waals surface area contributed by atoms with E-state index in [-0.39, 0.29) is 16.2 Å². The fourth-order valence-electron chi connectivity index (χ4n) is 2.10. The van der Waals surface area contributed by atoms with Gasteiger partial charge in [0.25, 0.3) is 10.0 Å². The average molecular weight is 295 g/mol. The number of hydrogen-bond acceptors (Lipinski definition) is 4. The molecule has 2 unspecified atom stereocenters. The van der Waals surface area contributed by atoms with Crippen LogP contribution in [0.3, 0.4) is 0 Å². The molecule has 1 fully saturated rings. The van der Waals surface area contributed by atoms with Crippen molar-refractivity contribution in [2.75, 3.05) is 5.88 Å². The van der Waals surface area contributed by atoms with Crippen molar-refractivity contribution in [2.24, 2.45) is 5.92 Å². The van der Waals surface area contributed by atoms with Gasteiger partial charge < -0.3 is 0 Å². The van der Waals surface area contributed by atoms with E-state index in [0.717, 1.165) is 24.3 Å². The zero-order valence-corrected chi connectivity index (χ0v) is 11.9. The summed E-state index contributed by atoms with van der Waals surface area (Å²) in [5.74, 6) is 0.759. The van der Waals surface area contributed by atoms with Gasteiger partial charge in [-0.15, -0.1) is 22.9 Å². The summed E-state index contributed by atoms with van der Waals surface area (Å²) < 4.78 is 27.2. The predicted octanol–water partition coefficient (Wildman–Crippen LogP) is 2.14. The smallest absolute Gasteiger partial charge is 0.249 e. The minimum Gasteiger partial charge on any atom is -0.249 e. The summed E-state index contributed by atoms with van der Waals surface area (Å²) in [5, 5.41) is 0.755. The molecule has 1 N–H and O–H groups in total. The number of aromatic nitrogens is 1. The highest BCUT2D eigenvalue weighted by atomic mass is 35.5. The Labute approximate surface area is 110 Å². The Bertz CT molecular complexity index is 486. The van der Waals surface area contributed by atoms with Gasteiger partial charge in [-0.3, -0.25) is 0 Å². The molecule has 0 bridgehead atoms. The van der Waals surface area contributed by atoms with E-state index in [9.17, 15) is 8.42 Å². The Morgan fingerprint density at radius 2 is 2.35 bits per heavy atom. The fourth-order valence-corrected chi connectivity index (χ4v) is 4.93. The average Bonchev–Trinajstić information content (AvgIpc) is 2.86. The van der Waals surface area contributed by atoms with Crippen molar-refractivity contribution in [3.05, 3.63) is 11.2 Å². The summed E-state index contributed by atoms with van der Waals surface area (Å²) in [4.78, 5) is 3.97. The van der Waals surface area contributed by atoms with Crippen molar-refractivity contribution in [1.82, 2.24) is 9.71 Å². The van der Waals surface area contributed by atoms with E-state index in [4.69, 9.17) is 11.6 Å². The second-order valence-electron chi connectivity index (χ2n) is 4.27. The molecule has 0 aromatic carbocycles. The summed E-state index contributed by atoms with van der Waals surface area (Å²) in [6, 6.07) is -0.0279. The maximum Gasteiger partial charge on any atom is 0.251 e. The Kier molecular flexibility index (Phi) is 4.07. The maximum absolute atomic E-state index is 12.1. The topological polar surface area (TPSA) is 59.1 Å². The van der Waals surface area contributed by atoms with Gasteiger partial charge in [0.15, 0.2) is 4.21 Å². The van der Waals surface area contributed by atoms with Gasteiger partial charge in [0.2, 0.25) is 0 Å². The van der Waals surface area contributed by atoms with Gasteiger partial charge in [-0.05, 0) is 25.7 Å². The lowest BCUT2D eigenvalue weighted by molar-refractivity contribution is 0.481. The fraction of sp³-hybridized carbons (Fsp3) is 0.700. The predicted molar refractivity (Wildman–Crippen MR) is 69.0 cm³/mol. The van der Waals surface area contributed by atoms with Crippen molar-refractivity contribution in [2.45, 2.75) is 36.4 Å². The Morgan fingerprint density at radius 3 is 2.94 bits per heavy atom. The quantitative estimate of drug-likeness (QED) is 0.866. The molecule has 2 rings (SSSR count). The number of halogens is 1. The molecule has 96 valence electrons. The molecule has 0 aliphatic heterocycles. The molecule has 1 saturated carbocycles. The van der Waals surface area contributed by atoms with Crippen molar-refractivity contribution in [1.29, 1.82) is 0 Å². The van der Waals surface area contributed by atoms with E-state index in [0.29, 0.717) is 5.88 Å². The van der Waals surface area contributed by atoms with Crippen LogP contribution in [0.25, 0.3) is 0 Å². The first-order valence-corrected chi connectivity index (χ1v) is 8.37. The van der Waals surface area contributed by atoms with E-state index in [1.54, 1.807) is 6.92 Å². The van der Waals surface area contributed by atoms with Crippen LogP contribution in [0.4, 0.5) is 0 Å². The highest BCUT2D eigenvalue weighted by molar-refractivity contribution is 7.91. The van der Waals surface area contributed by atoms with Gasteiger partial charge in [-0.25, -0.2) is 18.1 Å². The van der Waals surface area contributed by atoms with Crippen LogP contribution in [0.1, 0.15) is 24.3 Å². The van der Waals surface area contributed by atoms with Crippen molar-refractivity contribution >= 4 is 33.0 Å². The molecule has 1 heterocycles. The van der Waals surface area contributed by atoms with Gasteiger partial charge in [0.1, 0.15) is 0 Å². The standard InChI is InChI=1S/C10H15ClN2O2S2/c1-7-12-6-10(16-7)17(14,15)13-9-4-2-3-8(9)5-11/h6,8-9,13H,2-5H2,1H3. The van der Waals surface area contributed by atoms with Crippen LogP contribution >= 0.6 is 22.9 Å². The van der Waals surface area contributed by atoms with Gasteiger partial charge in [-0.1, -0.05) is 6.42 Å². The molecule has 0 amide bonds. The summed E-state index contributed by atoms with van der Waals surface area (Å²) in [7, 11) is -3.42. The number of hydrogen-bond donors (Lipinski definition) is 1. The van der Waals surface area contributed by atoms with Gasteiger partial charge in [-0.2, -0.15) is 0 Å². The molecular weight excluding hydrogens is 280 g/mol. The highest BCUT2D eigenvalue weighted by Gasteiger charge is 2.31. The zero-order chi connectivity index (χ0) is 12.5. The van der Waals surface area contributed by atoms with E-state index >= 15 is 0 Å². The SMILES string of the molecule is Cc1ncc(S(=O)(=O)NC2CCCC2CCl)s1. The Morgan fingerprint density at radius 1 is 1.59 bits per heavy atom. The monoisotopic (exact) mass is 294 g/mol. The third-order valence-electron chi connectivity index (χ3n) is 3.03. The molecule has 7 heteroatoms. The third-order valence-corrected chi connectivity index (χ3v) is 6.29. The van der Waals surface area contributed by atoms with E-state index < -0.39 is 10.0 Å².